The Morgan fingerprint density at radius 2 is 2.24 bits per heavy atom. The number of nitrogens with zero attached hydrogens (tertiary/aromatic N) is 2. The number of hydrogen-bond acceptors (Lipinski definition) is 5. The van der Waals surface area contributed by atoms with Crippen molar-refractivity contribution in [2.75, 3.05) is 6.61 Å². The second kappa shape index (κ2) is 6.49. The van der Waals surface area contributed by atoms with Crippen molar-refractivity contribution in [2.45, 2.75) is 18.4 Å². The lowest BCUT2D eigenvalue weighted by Crippen LogP contribution is -2.24. The smallest absolute Gasteiger partial charge is 0.241 e. The van der Waals surface area contributed by atoms with Crippen LogP contribution in [0.15, 0.2) is 29.4 Å². The van der Waals surface area contributed by atoms with Gasteiger partial charge in [0.05, 0.1) is 11.4 Å². The van der Waals surface area contributed by atoms with Gasteiger partial charge in [0, 0.05) is 5.56 Å². The van der Waals surface area contributed by atoms with Crippen LogP contribution >= 0.6 is 0 Å². The molecule has 0 aliphatic rings. The lowest BCUT2D eigenvalue weighted by Gasteiger charge is -2.08. The first-order valence-electron chi connectivity index (χ1n) is 6.07. The predicted octanol–water partition coefficient (Wildman–Crippen LogP) is -0.0646. The van der Waals surface area contributed by atoms with E-state index in [0.29, 0.717) is 17.0 Å². The highest BCUT2D eigenvalue weighted by Gasteiger charge is 2.17. The van der Waals surface area contributed by atoms with Crippen molar-refractivity contribution < 1.29 is 13.5 Å². The molecule has 2 rings (SSSR count). The summed E-state index contributed by atoms with van der Waals surface area (Å²) < 4.78 is 27.0. The number of sulfonamides is 1. The molecule has 0 unspecified atom stereocenters. The summed E-state index contributed by atoms with van der Waals surface area (Å²) in [6, 6.07) is 4.85. The Bertz CT molecular complexity index is 773. The minimum Gasteiger partial charge on any atom is -0.384 e. The summed E-state index contributed by atoms with van der Waals surface area (Å²) >= 11 is 0. The van der Waals surface area contributed by atoms with Crippen LogP contribution in [0.5, 0.6) is 0 Å². The molecule has 0 saturated heterocycles. The lowest BCUT2D eigenvalue weighted by atomic mass is 10.1. The summed E-state index contributed by atoms with van der Waals surface area (Å²) in [4.78, 5) is 3.99. The number of H-pyrrole nitrogens is 1. The van der Waals surface area contributed by atoms with Crippen LogP contribution < -0.4 is 4.72 Å². The molecular formula is C13H14N4O3S. The van der Waals surface area contributed by atoms with Crippen LogP contribution in [0.3, 0.4) is 0 Å². The normalized spacial score (nSPS) is 11.0. The van der Waals surface area contributed by atoms with E-state index < -0.39 is 10.0 Å². The van der Waals surface area contributed by atoms with E-state index in [1.165, 1.54) is 12.4 Å². The molecular weight excluding hydrogens is 292 g/mol. The molecule has 0 saturated carbocycles. The van der Waals surface area contributed by atoms with E-state index in [0.717, 1.165) is 0 Å². The number of nitrogens with one attached hydrogen (secondary N) is 2. The van der Waals surface area contributed by atoms with E-state index in [2.05, 4.69) is 31.7 Å². The van der Waals surface area contributed by atoms with Crippen molar-refractivity contribution in [2.24, 2.45) is 0 Å². The van der Waals surface area contributed by atoms with Crippen LogP contribution in [-0.2, 0) is 16.6 Å². The Morgan fingerprint density at radius 3 is 2.90 bits per heavy atom. The number of aromatic amines is 1. The van der Waals surface area contributed by atoms with Crippen molar-refractivity contribution in [1.29, 1.82) is 0 Å². The second-order valence-electron chi connectivity index (χ2n) is 4.20. The van der Waals surface area contributed by atoms with E-state index in [9.17, 15) is 8.42 Å². The van der Waals surface area contributed by atoms with Gasteiger partial charge in [0.15, 0.2) is 0 Å². The minimum atomic E-state index is -3.68. The molecule has 0 atom stereocenters. The number of aryl methyl sites for hydroxylation is 1. The number of aliphatic hydroxyl groups is 1. The standard InChI is InChI=1S/C13H14N4O3S/c1-10-4-5-11(3-2-6-18)7-12(10)21(19,20)16-8-13-14-9-15-17-13/h4-5,7,9,16,18H,6,8H2,1H3,(H,14,15,17). The Balaban J connectivity index is 2.26. The third-order valence-corrected chi connectivity index (χ3v) is 4.23. The average molecular weight is 306 g/mol. The molecule has 1 aromatic heterocycles. The minimum absolute atomic E-state index is 0.0221. The predicted molar refractivity (Wildman–Crippen MR) is 75.6 cm³/mol. The maximum Gasteiger partial charge on any atom is 0.241 e. The molecule has 8 heteroatoms. The van der Waals surface area contributed by atoms with Gasteiger partial charge in [-0.05, 0) is 24.6 Å². The van der Waals surface area contributed by atoms with Crippen molar-refractivity contribution in [3.05, 3.63) is 41.5 Å². The van der Waals surface area contributed by atoms with Crippen LogP contribution in [0.25, 0.3) is 0 Å². The first-order valence-corrected chi connectivity index (χ1v) is 7.55. The topological polar surface area (TPSA) is 108 Å². The largest absolute Gasteiger partial charge is 0.384 e. The molecule has 7 nitrogen and oxygen atoms in total. The molecule has 1 heterocycles. The zero-order valence-electron chi connectivity index (χ0n) is 11.3. The first kappa shape index (κ1) is 15.2. The molecule has 3 N–H and O–H groups in total. The van der Waals surface area contributed by atoms with Crippen LogP contribution in [0.2, 0.25) is 0 Å². The maximum absolute atomic E-state index is 12.3. The maximum atomic E-state index is 12.3. The van der Waals surface area contributed by atoms with E-state index >= 15 is 0 Å². The first-order chi connectivity index (χ1) is 10.0. The van der Waals surface area contributed by atoms with Gasteiger partial charge >= 0.3 is 0 Å². The molecule has 110 valence electrons. The van der Waals surface area contributed by atoms with Crippen LogP contribution in [-0.4, -0.2) is 35.3 Å². The number of aliphatic hydroxyl groups excluding tert-OH is 1. The van der Waals surface area contributed by atoms with E-state index in [4.69, 9.17) is 5.11 Å². The number of hydrogen-bond donors (Lipinski definition) is 3. The van der Waals surface area contributed by atoms with Crippen LogP contribution in [0, 0.1) is 18.8 Å². The zero-order valence-corrected chi connectivity index (χ0v) is 12.1. The van der Waals surface area contributed by atoms with E-state index in [1.807, 2.05) is 0 Å². The summed E-state index contributed by atoms with van der Waals surface area (Å²) in [5.41, 5.74) is 1.13. The van der Waals surface area contributed by atoms with Gasteiger partial charge in [-0.15, -0.1) is 0 Å². The number of benzene rings is 1. The molecule has 1 aromatic carbocycles. The van der Waals surface area contributed by atoms with Crippen molar-refractivity contribution >= 4 is 10.0 Å². The molecule has 21 heavy (non-hydrogen) atoms. The Labute approximate surface area is 122 Å². The molecule has 0 amide bonds. The van der Waals surface area contributed by atoms with Gasteiger partial charge < -0.3 is 5.11 Å². The fraction of sp³-hybridized carbons (Fsp3) is 0.231. The van der Waals surface area contributed by atoms with Crippen molar-refractivity contribution in [3.63, 3.8) is 0 Å². The van der Waals surface area contributed by atoms with Gasteiger partial charge in [-0.1, -0.05) is 17.9 Å². The van der Waals surface area contributed by atoms with Gasteiger partial charge in [0.25, 0.3) is 0 Å². The lowest BCUT2D eigenvalue weighted by molar-refractivity contribution is 0.350. The highest BCUT2D eigenvalue weighted by atomic mass is 32.2. The fourth-order valence-electron chi connectivity index (χ4n) is 1.67. The summed E-state index contributed by atoms with van der Waals surface area (Å²) in [5, 5.41) is 14.9. The van der Waals surface area contributed by atoms with Crippen LogP contribution in [0.4, 0.5) is 0 Å². The number of aromatic nitrogens is 3. The SMILES string of the molecule is Cc1ccc(C#CCO)cc1S(=O)(=O)NCc1ncn[nH]1. The molecule has 0 spiro atoms. The Morgan fingerprint density at radius 1 is 1.43 bits per heavy atom. The third kappa shape index (κ3) is 3.88. The summed E-state index contributed by atoms with van der Waals surface area (Å²) in [6.07, 6.45) is 1.31. The molecule has 2 aromatic rings. The van der Waals surface area contributed by atoms with Crippen LogP contribution in [0.1, 0.15) is 17.0 Å². The van der Waals surface area contributed by atoms with Crippen molar-refractivity contribution in [3.8, 4) is 11.8 Å². The quantitative estimate of drug-likeness (QED) is 0.686. The van der Waals surface area contributed by atoms with Gasteiger partial charge in [-0.2, -0.15) is 5.10 Å². The van der Waals surface area contributed by atoms with Gasteiger partial charge in [-0.25, -0.2) is 18.1 Å². The van der Waals surface area contributed by atoms with E-state index in [1.54, 1.807) is 19.1 Å². The molecule has 0 bridgehead atoms. The molecule has 0 radical (unpaired) electrons. The van der Waals surface area contributed by atoms with Gasteiger partial charge in [0.2, 0.25) is 10.0 Å². The monoisotopic (exact) mass is 306 g/mol. The van der Waals surface area contributed by atoms with Gasteiger partial charge in [-0.3, -0.25) is 5.10 Å². The Kier molecular flexibility index (Phi) is 4.70. The third-order valence-electron chi connectivity index (χ3n) is 2.68. The summed E-state index contributed by atoms with van der Waals surface area (Å²) in [5.74, 6) is 5.59. The zero-order chi connectivity index (χ0) is 15.3. The fourth-order valence-corrected chi connectivity index (χ4v) is 2.92. The molecule has 0 fully saturated rings. The summed E-state index contributed by atoms with van der Waals surface area (Å²) in [7, 11) is -3.68. The number of rotatable bonds is 4. The van der Waals surface area contributed by atoms with E-state index in [-0.39, 0.29) is 18.0 Å². The average Bonchev–Trinajstić information content (AvgIpc) is 2.97. The highest BCUT2D eigenvalue weighted by Crippen LogP contribution is 2.16. The highest BCUT2D eigenvalue weighted by molar-refractivity contribution is 7.89. The molecule has 0 aliphatic carbocycles. The second-order valence-corrected chi connectivity index (χ2v) is 5.93. The Hall–Kier alpha value is -2.21. The van der Waals surface area contributed by atoms with Gasteiger partial charge in [0.1, 0.15) is 18.8 Å². The molecule has 0 aliphatic heterocycles. The van der Waals surface area contributed by atoms with Crippen molar-refractivity contribution in [1.82, 2.24) is 19.9 Å². The summed E-state index contributed by atoms with van der Waals surface area (Å²) in [6.45, 7) is 1.44.